The highest BCUT2D eigenvalue weighted by Crippen LogP contribution is 2.24. The van der Waals surface area contributed by atoms with E-state index in [2.05, 4.69) is 15.3 Å². The van der Waals surface area contributed by atoms with Gasteiger partial charge in [-0.25, -0.2) is 13.8 Å². The number of amides is 1. The molecule has 1 atom stereocenters. The molecule has 0 unspecified atom stereocenters. The molecule has 3 aromatic rings. The van der Waals surface area contributed by atoms with Crippen LogP contribution in [0.15, 0.2) is 30.5 Å². The largest absolute Gasteiger partial charge is 0.391 e. The van der Waals surface area contributed by atoms with E-state index in [0.29, 0.717) is 21.1 Å². The molecule has 0 bridgehead atoms. The van der Waals surface area contributed by atoms with Gasteiger partial charge < -0.3 is 21.1 Å². The average molecular weight is 392 g/mol. The van der Waals surface area contributed by atoms with E-state index in [1.807, 2.05) is 0 Å². The minimum absolute atomic E-state index is 0.0558. The number of nitrogens with one attached hydrogen (secondary N) is 2. The van der Waals surface area contributed by atoms with Crippen LogP contribution >= 0.6 is 11.3 Å². The molecular formula is C18H18F2N4O2S. The smallest absolute Gasteiger partial charge is 0.268 e. The molecule has 142 valence electrons. The molecule has 0 saturated carbocycles. The van der Waals surface area contributed by atoms with Crippen molar-refractivity contribution in [2.24, 2.45) is 5.73 Å². The Morgan fingerprint density at radius 3 is 2.67 bits per heavy atom. The van der Waals surface area contributed by atoms with E-state index in [1.54, 1.807) is 6.07 Å². The summed E-state index contributed by atoms with van der Waals surface area (Å²) in [4.78, 5) is 20.2. The number of aromatic nitrogens is 2. The van der Waals surface area contributed by atoms with E-state index in [4.69, 9.17) is 10.8 Å². The van der Waals surface area contributed by atoms with E-state index in [-0.39, 0.29) is 24.4 Å². The molecule has 0 aliphatic heterocycles. The zero-order chi connectivity index (χ0) is 19.6. The number of thiazole rings is 1. The molecule has 0 aliphatic carbocycles. The molecule has 0 saturated heterocycles. The van der Waals surface area contributed by atoms with Gasteiger partial charge in [-0.1, -0.05) is 0 Å². The van der Waals surface area contributed by atoms with Crippen LogP contribution in [-0.4, -0.2) is 27.5 Å². The van der Waals surface area contributed by atoms with Crippen molar-refractivity contribution in [2.75, 3.05) is 6.54 Å². The third-order valence-electron chi connectivity index (χ3n) is 4.09. The Morgan fingerprint density at radius 2 is 2.07 bits per heavy atom. The van der Waals surface area contributed by atoms with Crippen LogP contribution in [0.2, 0.25) is 0 Å². The van der Waals surface area contributed by atoms with Crippen LogP contribution in [0, 0.1) is 18.6 Å². The lowest BCUT2D eigenvalue weighted by Gasteiger charge is -2.13. The number of hydrogen-bond donors (Lipinski definition) is 4. The van der Waals surface area contributed by atoms with Gasteiger partial charge in [0.15, 0.2) is 0 Å². The normalized spacial score (nSPS) is 12.2. The van der Waals surface area contributed by atoms with Crippen LogP contribution in [0.25, 0.3) is 11.3 Å². The Morgan fingerprint density at radius 1 is 1.37 bits per heavy atom. The number of nitrogens with two attached hydrogens (primary N) is 1. The minimum atomic E-state index is -0.655. The SMILES string of the molecule is Cc1c(F)cc(-c2ccc(C(=O)N[C@H](CN)c3ncc(CO)s3)[nH]2)cc1F. The lowest BCUT2D eigenvalue weighted by molar-refractivity contribution is 0.0933. The van der Waals surface area contributed by atoms with Gasteiger partial charge in [0, 0.05) is 29.6 Å². The topological polar surface area (TPSA) is 104 Å². The van der Waals surface area contributed by atoms with Crippen LogP contribution in [0.5, 0.6) is 0 Å². The molecular weight excluding hydrogens is 374 g/mol. The van der Waals surface area contributed by atoms with Gasteiger partial charge in [0.25, 0.3) is 5.91 Å². The lowest BCUT2D eigenvalue weighted by Crippen LogP contribution is -2.33. The monoisotopic (exact) mass is 392 g/mol. The van der Waals surface area contributed by atoms with E-state index in [1.165, 1.54) is 42.7 Å². The highest BCUT2D eigenvalue weighted by Gasteiger charge is 2.19. The molecule has 1 amide bonds. The first-order valence-corrected chi connectivity index (χ1v) is 8.96. The molecule has 2 heterocycles. The van der Waals surface area contributed by atoms with Crippen molar-refractivity contribution >= 4 is 17.2 Å². The van der Waals surface area contributed by atoms with Crippen molar-refractivity contribution in [3.63, 3.8) is 0 Å². The van der Waals surface area contributed by atoms with Crippen molar-refractivity contribution in [3.05, 3.63) is 63.2 Å². The summed E-state index contributed by atoms with van der Waals surface area (Å²) in [7, 11) is 0. The van der Waals surface area contributed by atoms with Gasteiger partial charge in [0.1, 0.15) is 22.3 Å². The standard InChI is InChI=1S/C18H18F2N4O2S/c1-9-12(19)4-10(5-13(9)20)14-2-3-15(23-14)17(26)24-16(6-21)18-22-7-11(8-25)27-18/h2-5,7,16,23,25H,6,8,21H2,1H3,(H,24,26)/t16-/m1/s1. The highest BCUT2D eigenvalue weighted by molar-refractivity contribution is 7.11. The zero-order valence-corrected chi connectivity index (χ0v) is 15.2. The summed E-state index contributed by atoms with van der Waals surface area (Å²) in [6.07, 6.45) is 1.53. The molecule has 0 radical (unpaired) electrons. The Kier molecular flexibility index (Phi) is 5.64. The molecule has 5 N–H and O–H groups in total. The summed E-state index contributed by atoms with van der Waals surface area (Å²) in [5, 5.41) is 12.5. The van der Waals surface area contributed by atoms with Crippen molar-refractivity contribution in [1.29, 1.82) is 0 Å². The first-order valence-electron chi connectivity index (χ1n) is 8.14. The van der Waals surface area contributed by atoms with Crippen LogP contribution in [0.1, 0.15) is 32.0 Å². The van der Waals surface area contributed by atoms with Crippen LogP contribution < -0.4 is 11.1 Å². The van der Waals surface area contributed by atoms with E-state index in [9.17, 15) is 13.6 Å². The van der Waals surface area contributed by atoms with Crippen molar-refractivity contribution < 1.29 is 18.7 Å². The third-order valence-corrected chi connectivity index (χ3v) is 5.18. The number of aliphatic hydroxyl groups is 1. The second-order valence-electron chi connectivity index (χ2n) is 5.94. The van der Waals surface area contributed by atoms with E-state index >= 15 is 0 Å². The van der Waals surface area contributed by atoms with Gasteiger partial charge >= 0.3 is 0 Å². The fourth-order valence-corrected chi connectivity index (χ4v) is 3.35. The lowest BCUT2D eigenvalue weighted by atomic mass is 10.1. The summed E-state index contributed by atoms with van der Waals surface area (Å²) in [5.74, 6) is -1.74. The van der Waals surface area contributed by atoms with Gasteiger partial charge in [-0.05, 0) is 31.2 Å². The number of aliphatic hydroxyl groups excluding tert-OH is 1. The Hall–Kier alpha value is -2.62. The van der Waals surface area contributed by atoms with Gasteiger partial charge in [0.2, 0.25) is 0 Å². The third kappa shape index (κ3) is 4.05. The number of nitrogens with zero attached hydrogens (tertiary/aromatic N) is 1. The first kappa shape index (κ1) is 19.2. The fraction of sp³-hybridized carbons (Fsp3) is 0.222. The second kappa shape index (κ2) is 7.95. The second-order valence-corrected chi connectivity index (χ2v) is 7.08. The molecule has 6 nitrogen and oxygen atoms in total. The van der Waals surface area contributed by atoms with E-state index < -0.39 is 23.6 Å². The van der Waals surface area contributed by atoms with Crippen molar-refractivity contribution in [2.45, 2.75) is 19.6 Å². The summed E-state index contributed by atoms with van der Waals surface area (Å²) in [6.45, 7) is 1.36. The number of carbonyl (C=O) groups is 1. The first-order chi connectivity index (χ1) is 12.9. The van der Waals surface area contributed by atoms with Gasteiger partial charge in [-0.2, -0.15) is 0 Å². The fourth-order valence-electron chi connectivity index (χ4n) is 2.51. The molecule has 0 fully saturated rings. The highest BCUT2D eigenvalue weighted by atomic mass is 32.1. The van der Waals surface area contributed by atoms with Crippen LogP contribution in [0.3, 0.4) is 0 Å². The number of hydrogen-bond acceptors (Lipinski definition) is 5. The molecule has 0 aliphatic rings. The number of halogens is 2. The maximum absolute atomic E-state index is 13.8. The summed E-state index contributed by atoms with van der Waals surface area (Å²) < 4.78 is 27.5. The molecule has 1 aromatic carbocycles. The van der Waals surface area contributed by atoms with Gasteiger partial charge in [-0.3, -0.25) is 4.79 Å². The quantitative estimate of drug-likeness (QED) is 0.518. The Labute approximate surface area is 158 Å². The maximum Gasteiger partial charge on any atom is 0.268 e. The molecule has 2 aromatic heterocycles. The van der Waals surface area contributed by atoms with Crippen molar-refractivity contribution in [3.8, 4) is 11.3 Å². The Bertz CT molecular complexity index is 947. The summed E-state index contributed by atoms with van der Waals surface area (Å²) in [5.41, 5.74) is 6.61. The van der Waals surface area contributed by atoms with E-state index in [0.717, 1.165) is 0 Å². The molecule has 27 heavy (non-hydrogen) atoms. The number of rotatable bonds is 6. The number of carbonyl (C=O) groups excluding carboxylic acids is 1. The predicted octanol–water partition coefficient (Wildman–Crippen LogP) is 2.65. The number of aromatic amines is 1. The van der Waals surface area contributed by atoms with Gasteiger partial charge in [-0.15, -0.1) is 11.3 Å². The summed E-state index contributed by atoms with van der Waals surface area (Å²) in [6, 6.07) is 5.00. The zero-order valence-electron chi connectivity index (χ0n) is 14.4. The van der Waals surface area contributed by atoms with Crippen molar-refractivity contribution in [1.82, 2.24) is 15.3 Å². The summed E-state index contributed by atoms with van der Waals surface area (Å²) >= 11 is 1.26. The van der Waals surface area contributed by atoms with Crippen LogP contribution in [0.4, 0.5) is 8.78 Å². The average Bonchev–Trinajstić information content (AvgIpc) is 3.33. The molecule has 9 heteroatoms. The number of H-pyrrole nitrogens is 1. The molecule has 3 rings (SSSR count). The van der Waals surface area contributed by atoms with Gasteiger partial charge in [0.05, 0.1) is 17.5 Å². The minimum Gasteiger partial charge on any atom is -0.391 e. The maximum atomic E-state index is 13.8. The molecule has 0 spiro atoms. The Balaban J connectivity index is 1.78. The van der Waals surface area contributed by atoms with Crippen LogP contribution in [-0.2, 0) is 6.61 Å². The predicted molar refractivity (Wildman–Crippen MR) is 98.2 cm³/mol. The number of benzene rings is 1.